The highest BCUT2D eigenvalue weighted by atomic mass is 15.2. The zero-order valence-electron chi connectivity index (χ0n) is 8.56. The lowest BCUT2D eigenvalue weighted by atomic mass is 9.76. The second kappa shape index (κ2) is 2.76. The maximum atomic E-state index is 4.06. The average molecular weight is 175 g/mol. The fourth-order valence-corrected chi connectivity index (χ4v) is 2.07. The van der Waals surface area contributed by atoms with Crippen molar-refractivity contribution in [3.63, 3.8) is 0 Å². The van der Waals surface area contributed by atoms with Crippen LogP contribution in [0, 0.1) is 5.92 Å². The Morgan fingerprint density at radius 3 is 2.15 bits per heavy atom. The lowest BCUT2D eigenvalue weighted by Crippen LogP contribution is -2.41. The van der Waals surface area contributed by atoms with Crippen molar-refractivity contribution in [3.8, 4) is 0 Å². The van der Waals surface area contributed by atoms with Gasteiger partial charge in [-0.05, 0) is 29.1 Å². The predicted molar refractivity (Wildman–Crippen MR) is 56.3 cm³/mol. The quantitative estimate of drug-likeness (QED) is 0.623. The Labute approximate surface area is 80.4 Å². The molecule has 13 heavy (non-hydrogen) atoms. The van der Waals surface area contributed by atoms with E-state index in [4.69, 9.17) is 0 Å². The van der Waals surface area contributed by atoms with Crippen LogP contribution in [0.2, 0.25) is 0 Å². The third-order valence-electron chi connectivity index (χ3n) is 2.98. The Hall–Kier alpha value is -0.980. The smallest absolute Gasteiger partial charge is 0.0481 e. The van der Waals surface area contributed by atoms with E-state index in [0.717, 1.165) is 0 Å². The van der Waals surface area contributed by atoms with E-state index in [2.05, 4.69) is 31.9 Å². The lowest BCUT2D eigenvalue weighted by Gasteiger charge is -2.44. The van der Waals surface area contributed by atoms with E-state index >= 15 is 0 Å². The third kappa shape index (κ3) is 1.06. The van der Waals surface area contributed by atoms with E-state index in [1.54, 1.807) is 0 Å². The Morgan fingerprint density at radius 1 is 1.15 bits per heavy atom. The van der Waals surface area contributed by atoms with E-state index in [0.29, 0.717) is 5.92 Å². The van der Waals surface area contributed by atoms with Gasteiger partial charge in [0.25, 0.3) is 0 Å². The summed E-state index contributed by atoms with van der Waals surface area (Å²) in [6, 6.07) is 0. The SMILES string of the molecule is C=C1C(=C)C(N2CCC2)=C1C(C)C. The van der Waals surface area contributed by atoms with Gasteiger partial charge in [0.05, 0.1) is 0 Å². The standard InChI is InChI=1S/C12H17N/c1-8(2)11-9(3)10(4)12(11)13-6-5-7-13/h8H,3-7H2,1-2H3. The fraction of sp³-hybridized carbons (Fsp3) is 0.500. The Kier molecular flexibility index (Phi) is 1.83. The van der Waals surface area contributed by atoms with Crippen LogP contribution in [0.15, 0.2) is 35.6 Å². The summed E-state index contributed by atoms with van der Waals surface area (Å²) in [7, 11) is 0. The molecular weight excluding hydrogens is 158 g/mol. The molecule has 0 radical (unpaired) electrons. The van der Waals surface area contributed by atoms with Gasteiger partial charge in [0.1, 0.15) is 0 Å². The van der Waals surface area contributed by atoms with Gasteiger partial charge in [0, 0.05) is 18.8 Å². The minimum Gasteiger partial charge on any atom is -0.371 e. The highest BCUT2D eigenvalue weighted by molar-refractivity contribution is 5.67. The van der Waals surface area contributed by atoms with Crippen LogP contribution in [0.1, 0.15) is 20.3 Å². The molecule has 1 heterocycles. The van der Waals surface area contributed by atoms with Crippen LogP contribution in [0.3, 0.4) is 0 Å². The predicted octanol–water partition coefficient (Wildman–Crippen LogP) is 2.73. The van der Waals surface area contributed by atoms with Gasteiger partial charge in [-0.15, -0.1) is 0 Å². The summed E-state index contributed by atoms with van der Waals surface area (Å²) >= 11 is 0. The third-order valence-corrected chi connectivity index (χ3v) is 2.98. The molecule has 0 aromatic heterocycles. The zero-order valence-corrected chi connectivity index (χ0v) is 8.56. The fourth-order valence-electron chi connectivity index (χ4n) is 2.07. The van der Waals surface area contributed by atoms with Crippen LogP contribution < -0.4 is 0 Å². The van der Waals surface area contributed by atoms with Crippen LogP contribution in [0.5, 0.6) is 0 Å². The molecule has 0 saturated carbocycles. The Balaban J connectivity index is 2.30. The van der Waals surface area contributed by atoms with Gasteiger partial charge in [-0.1, -0.05) is 27.0 Å². The van der Waals surface area contributed by atoms with Crippen molar-refractivity contribution in [3.05, 3.63) is 35.6 Å². The molecule has 1 aliphatic heterocycles. The monoisotopic (exact) mass is 175 g/mol. The van der Waals surface area contributed by atoms with Crippen LogP contribution in [-0.2, 0) is 0 Å². The first kappa shape index (κ1) is 8.61. The number of hydrogen-bond donors (Lipinski definition) is 0. The Morgan fingerprint density at radius 2 is 1.77 bits per heavy atom. The average Bonchev–Trinajstić information content (AvgIpc) is 1.99. The van der Waals surface area contributed by atoms with Crippen molar-refractivity contribution in [2.45, 2.75) is 20.3 Å². The first-order valence-corrected chi connectivity index (χ1v) is 5.01. The minimum atomic E-state index is 0.591. The first-order valence-electron chi connectivity index (χ1n) is 5.01. The molecule has 2 rings (SSSR count). The molecule has 0 aromatic carbocycles. The highest BCUT2D eigenvalue weighted by Gasteiger charge is 2.33. The number of likely N-dealkylation sites (tertiary alicyclic amines) is 1. The zero-order chi connectivity index (χ0) is 9.59. The molecule has 0 amide bonds. The molecular formula is C12H17N. The summed E-state index contributed by atoms with van der Waals surface area (Å²) in [5, 5.41) is 0. The van der Waals surface area contributed by atoms with E-state index in [1.807, 2.05) is 0 Å². The molecule has 1 fully saturated rings. The summed E-state index contributed by atoms with van der Waals surface area (Å²) < 4.78 is 0. The van der Waals surface area contributed by atoms with Crippen LogP contribution in [0.25, 0.3) is 0 Å². The summed E-state index contributed by atoms with van der Waals surface area (Å²) in [6.45, 7) is 15.0. The summed E-state index contributed by atoms with van der Waals surface area (Å²) in [6.07, 6.45) is 1.33. The van der Waals surface area contributed by atoms with Gasteiger partial charge >= 0.3 is 0 Å². The van der Waals surface area contributed by atoms with E-state index < -0.39 is 0 Å². The second-order valence-electron chi connectivity index (χ2n) is 4.21. The van der Waals surface area contributed by atoms with Crippen molar-refractivity contribution in [2.24, 2.45) is 5.92 Å². The number of hydrogen-bond acceptors (Lipinski definition) is 1. The molecule has 0 atom stereocenters. The molecule has 0 spiro atoms. The molecule has 0 unspecified atom stereocenters. The molecule has 0 N–H and O–H groups in total. The van der Waals surface area contributed by atoms with Crippen LogP contribution in [-0.4, -0.2) is 18.0 Å². The largest absolute Gasteiger partial charge is 0.371 e. The lowest BCUT2D eigenvalue weighted by molar-refractivity contribution is 0.235. The molecule has 1 heteroatoms. The molecule has 70 valence electrons. The van der Waals surface area contributed by atoms with Gasteiger partial charge in [-0.25, -0.2) is 0 Å². The molecule has 1 nitrogen and oxygen atoms in total. The van der Waals surface area contributed by atoms with E-state index in [9.17, 15) is 0 Å². The summed E-state index contributed by atoms with van der Waals surface area (Å²) in [5.74, 6) is 0.591. The maximum absolute atomic E-state index is 4.06. The molecule has 0 bridgehead atoms. The maximum Gasteiger partial charge on any atom is 0.0481 e. The van der Waals surface area contributed by atoms with Crippen molar-refractivity contribution in [1.82, 2.24) is 4.90 Å². The van der Waals surface area contributed by atoms with Crippen molar-refractivity contribution < 1.29 is 0 Å². The molecule has 1 saturated heterocycles. The number of allylic oxidation sites excluding steroid dienone is 2. The van der Waals surface area contributed by atoms with Gasteiger partial charge < -0.3 is 4.90 Å². The van der Waals surface area contributed by atoms with Crippen molar-refractivity contribution in [1.29, 1.82) is 0 Å². The molecule has 2 aliphatic rings. The van der Waals surface area contributed by atoms with Gasteiger partial charge in [-0.3, -0.25) is 0 Å². The minimum absolute atomic E-state index is 0.591. The second-order valence-corrected chi connectivity index (χ2v) is 4.21. The van der Waals surface area contributed by atoms with E-state index in [-0.39, 0.29) is 0 Å². The van der Waals surface area contributed by atoms with Crippen LogP contribution >= 0.6 is 0 Å². The van der Waals surface area contributed by atoms with Crippen LogP contribution in [0.4, 0.5) is 0 Å². The molecule has 0 aromatic rings. The first-order chi connectivity index (χ1) is 6.13. The van der Waals surface area contributed by atoms with Crippen molar-refractivity contribution >= 4 is 0 Å². The van der Waals surface area contributed by atoms with Gasteiger partial charge in [0.15, 0.2) is 0 Å². The summed E-state index contributed by atoms with van der Waals surface area (Å²) in [5.41, 5.74) is 5.18. The summed E-state index contributed by atoms with van der Waals surface area (Å²) in [4.78, 5) is 2.42. The number of nitrogens with zero attached hydrogens (tertiary/aromatic N) is 1. The Bertz CT molecular complexity index is 303. The topological polar surface area (TPSA) is 3.24 Å². The highest BCUT2D eigenvalue weighted by Crippen LogP contribution is 2.44. The van der Waals surface area contributed by atoms with Gasteiger partial charge in [-0.2, -0.15) is 0 Å². The van der Waals surface area contributed by atoms with E-state index in [1.165, 1.54) is 41.9 Å². The van der Waals surface area contributed by atoms with Crippen molar-refractivity contribution in [2.75, 3.05) is 13.1 Å². The normalized spacial score (nSPS) is 22.2. The molecule has 1 aliphatic carbocycles. The van der Waals surface area contributed by atoms with Gasteiger partial charge in [0.2, 0.25) is 0 Å². The number of rotatable bonds is 2.